The molecule has 0 saturated carbocycles. The van der Waals surface area contributed by atoms with E-state index in [1.807, 2.05) is 43.9 Å². The quantitative estimate of drug-likeness (QED) is 0.232. The number of allylic oxidation sites excluding steroid dienone is 6. The Morgan fingerprint density at radius 3 is 2.37 bits per heavy atom. The minimum atomic E-state index is -0.468. The highest BCUT2D eigenvalue weighted by molar-refractivity contribution is 5.87. The van der Waals surface area contributed by atoms with E-state index in [4.69, 9.17) is 14.3 Å². The highest BCUT2D eigenvalue weighted by Gasteiger charge is 2.29. The topological polar surface area (TPSA) is 80.7 Å². The van der Waals surface area contributed by atoms with Crippen molar-refractivity contribution in [1.29, 1.82) is 0 Å². The number of carbonyl (C=O) groups excluding carboxylic acids is 2. The van der Waals surface area contributed by atoms with Crippen molar-refractivity contribution in [1.82, 2.24) is 9.80 Å². The molecule has 2 heterocycles. The van der Waals surface area contributed by atoms with Crippen molar-refractivity contribution in [3.05, 3.63) is 48.3 Å². The number of hydrogen-bond acceptors (Lipinski definition) is 6. The molecule has 2 fully saturated rings. The molecular weight excluding hydrogens is 482 g/mol. The Kier molecular flexibility index (Phi) is 11.0. The van der Waals surface area contributed by atoms with Gasteiger partial charge in [0, 0.05) is 44.9 Å². The first-order valence-electron chi connectivity index (χ1n) is 13.9. The molecule has 0 N–H and O–H groups in total. The molecule has 1 atom stereocenters. The molecule has 0 aromatic carbocycles. The second-order valence-corrected chi connectivity index (χ2v) is 11.3. The number of nitrogens with zero attached hydrogens (tertiary/aromatic N) is 3. The van der Waals surface area contributed by atoms with Gasteiger partial charge in [0.1, 0.15) is 12.7 Å². The molecule has 0 radical (unpaired) electrons. The van der Waals surface area contributed by atoms with E-state index < -0.39 is 5.60 Å². The SMILES string of the molecule is C=C/C(=C\C=C\OCC1CCN(C(=O)OC(C)(C)C)CC1)C1=CCC(C(=O)N2CCC(=NOC)CC2)CC1. The van der Waals surface area contributed by atoms with Crippen LogP contribution in [0.5, 0.6) is 0 Å². The maximum absolute atomic E-state index is 13.0. The maximum atomic E-state index is 13.0. The van der Waals surface area contributed by atoms with E-state index in [-0.39, 0.29) is 17.9 Å². The van der Waals surface area contributed by atoms with Crippen molar-refractivity contribution in [3.8, 4) is 0 Å². The molecule has 0 aromatic rings. The second kappa shape index (κ2) is 14.2. The van der Waals surface area contributed by atoms with E-state index >= 15 is 0 Å². The van der Waals surface area contributed by atoms with Crippen LogP contribution in [0, 0.1) is 11.8 Å². The van der Waals surface area contributed by atoms with Gasteiger partial charge in [0.05, 0.1) is 18.6 Å². The van der Waals surface area contributed by atoms with Crippen molar-refractivity contribution in [2.75, 3.05) is 39.9 Å². The average Bonchev–Trinajstić information content (AvgIpc) is 2.90. The monoisotopic (exact) mass is 527 g/mol. The van der Waals surface area contributed by atoms with E-state index in [1.54, 1.807) is 18.3 Å². The van der Waals surface area contributed by atoms with Crippen LogP contribution in [0.1, 0.15) is 65.7 Å². The first-order chi connectivity index (χ1) is 18.2. The van der Waals surface area contributed by atoms with Crippen LogP contribution >= 0.6 is 0 Å². The fraction of sp³-hybridized carbons (Fsp3) is 0.633. The van der Waals surface area contributed by atoms with Gasteiger partial charge in [-0.1, -0.05) is 30.0 Å². The summed E-state index contributed by atoms with van der Waals surface area (Å²) in [5.41, 5.74) is 2.87. The highest BCUT2D eigenvalue weighted by atomic mass is 16.6. The largest absolute Gasteiger partial charge is 0.501 e. The van der Waals surface area contributed by atoms with Crippen molar-refractivity contribution in [3.63, 3.8) is 0 Å². The average molecular weight is 528 g/mol. The molecule has 38 heavy (non-hydrogen) atoms. The molecule has 2 aliphatic heterocycles. The van der Waals surface area contributed by atoms with Gasteiger partial charge < -0.3 is 24.1 Å². The maximum Gasteiger partial charge on any atom is 0.410 e. The molecule has 3 rings (SSSR count). The molecule has 2 saturated heterocycles. The van der Waals surface area contributed by atoms with Gasteiger partial charge >= 0.3 is 6.09 Å². The van der Waals surface area contributed by atoms with Gasteiger partial charge in [0.25, 0.3) is 0 Å². The minimum Gasteiger partial charge on any atom is -0.501 e. The Hall–Kier alpha value is -3.03. The number of likely N-dealkylation sites (tertiary alicyclic amines) is 2. The lowest BCUT2D eigenvalue weighted by Crippen LogP contribution is -2.42. The summed E-state index contributed by atoms with van der Waals surface area (Å²) in [6.07, 6.45) is 15.4. The van der Waals surface area contributed by atoms with E-state index in [0.29, 0.717) is 25.6 Å². The normalized spacial score (nSPS) is 21.7. The van der Waals surface area contributed by atoms with Crippen molar-refractivity contribution < 1.29 is 23.9 Å². The van der Waals surface area contributed by atoms with Crippen molar-refractivity contribution >= 4 is 17.7 Å². The van der Waals surface area contributed by atoms with Crippen LogP contribution in [0.2, 0.25) is 0 Å². The third-order valence-electron chi connectivity index (χ3n) is 7.27. The Balaban J connectivity index is 1.39. The summed E-state index contributed by atoms with van der Waals surface area (Å²) in [6.45, 7) is 13.1. The standard InChI is InChI=1S/C30H45N3O5/c1-6-24(8-7-21-37-22-23-13-17-33(18-14-23)29(35)38-30(2,3)4)25-9-11-26(12-10-25)28(34)32-19-15-27(16-20-32)31-36-5/h6-9,21,23,26H,1,10-20,22H2,2-5H3/b21-7+,24-8+. The molecule has 2 amide bonds. The Morgan fingerprint density at radius 2 is 1.79 bits per heavy atom. The Labute approximate surface area is 228 Å². The summed E-state index contributed by atoms with van der Waals surface area (Å²) < 4.78 is 11.3. The fourth-order valence-electron chi connectivity index (χ4n) is 5.09. The van der Waals surface area contributed by atoms with Crippen LogP contribution < -0.4 is 0 Å². The number of amides is 2. The zero-order valence-electron chi connectivity index (χ0n) is 23.6. The Bertz CT molecular complexity index is 941. The summed E-state index contributed by atoms with van der Waals surface area (Å²) in [4.78, 5) is 33.8. The molecule has 0 spiro atoms. The predicted octanol–water partition coefficient (Wildman–Crippen LogP) is 5.63. The van der Waals surface area contributed by atoms with Crippen LogP contribution in [0.15, 0.2) is 53.4 Å². The number of ether oxygens (including phenoxy) is 2. The lowest BCUT2D eigenvalue weighted by atomic mass is 9.85. The molecular formula is C30H45N3O5. The number of rotatable bonds is 8. The van der Waals surface area contributed by atoms with E-state index in [0.717, 1.165) is 69.3 Å². The Morgan fingerprint density at radius 1 is 1.08 bits per heavy atom. The van der Waals surface area contributed by atoms with Crippen molar-refractivity contribution in [2.45, 2.75) is 71.3 Å². The summed E-state index contributed by atoms with van der Waals surface area (Å²) in [7, 11) is 1.56. The third-order valence-corrected chi connectivity index (χ3v) is 7.27. The van der Waals surface area contributed by atoms with E-state index in [1.165, 1.54) is 5.57 Å². The number of oxime groups is 1. The predicted molar refractivity (Wildman–Crippen MR) is 150 cm³/mol. The van der Waals surface area contributed by atoms with E-state index in [2.05, 4.69) is 17.8 Å². The van der Waals surface area contributed by atoms with Gasteiger partial charge in [-0.2, -0.15) is 0 Å². The first kappa shape index (κ1) is 29.5. The molecule has 8 nitrogen and oxygen atoms in total. The van der Waals surface area contributed by atoms with Gasteiger partial charge in [0.2, 0.25) is 5.91 Å². The van der Waals surface area contributed by atoms with Gasteiger partial charge in [-0.25, -0.2) is 4.79 Å². The lowest BCUT2D eigenvalue weighted by molar-refractivity contribution is -0.135. The zero-order chi connectivity index (χ0) is 27.5. The molecule has 210 valence electrons. The van der Waals surface area contributed by atoms with Gasteiger partial charge in [0.15, 0.2) is 0 Å². The van der Waals surface area contributed by atoms with Gasteiger partial charge in [-0.05, 0) is 76.0 Å². The van der Waals surface area contributed by atoms with E-state index in [9.17, 15) is 9.59 Å². The van der Waals surface area contributed by atoms with Crippen LogP contribution in [0.4, 0.5) is 4.79 Å². The third kappa shape index (κ3) is 9.07. The summed E-state index contributed by atoms with van der Waals surface area (Å²) in [5.74, 6) is 0.730. The highest BCUT2D eigenvalue weighted by Crippen LogP contribution is 2.30. The summed E-state index contributed by atoms with van der Waals surface area (Å²) in [6, 6.07) is 0. The molecule has 3 aliphatic rings. The van der Waals surface area contributed by atoms with Gasteiger partial charge in [-0.15, -0.1) is 0 Å². The fourth-order valence-corrected chi connectivity index (χ4v) is 5.09. The van der Waals surface area contributed by atoms with Crippen LogP contribution in [0.3, 0.4) is 0 Å². The van der Waals surface area contributed by atoms with Crippen molar-refractivity contribution in [2.24, 2.45) is 17.0 Å². The number of hydrogen-bond donors (Lipinski definition) is 0. The van der Waals surface area contributed by atoms with Crippen LogP contribution in [0.25, 0.3) is 0 Å². The zero-order valence-corrected chi connectivity index (χ0v) is 23.6. The minimum absolute atomic E-state index is 0.0475. The smallest absolute Gasteiger partial charge is 0.410 e. The van der Waals surface area contributed by atoms with Crippen LogP contribution in [-0.4, -0.2) is 73.0 Å². The summed E-state index contributed by atoms with van der Waals surface area (Å²) >= 11 is 0. The lowest BCUT2D eigenvalue weighted by Gasteiger charge is -2.33. The second-order valence-electron chi connectivity index (χ2n) is 11.3. The molecule has 1 unspecified atom stereocenters. The van der Waals surface area contributed by atoms with Crippen LogP contribution in [-0.2, 0) is 19.1 Å². The number of piperidine rings is 2. The number of carbonyl (C=O) groups is 2. The summed E-state index contributed by atoms with van der Waals surface area (Å²) in [5, 5.41) is 4.03. The first-order valence-corrected chi connectivity index (χ1v) is 13.9. The molecule has 0 bridgehead atoms. The molecule has 0 aromatic heterocycles. The van der Waals surface area contributed by atoms with Gasteiger partial charge in [-0.3, -0.25) is 4.79 Å². The molecule has 1 aliphatic carbocycles. The molecule has 8 heteroatoms.